The number of carbonyl (C=O) groups excluding carboxylic acids is 1. The van der Waals surface area contributed by atoms with Crippen LogP contribution in [0.4, 0.5) is 0 Å². The van der Waals surface area contributed by atoms with E-state index in [2.05, 4.69) is 15.1 Å². The first-order valence-corrected chi connectivity index (χ1v) is 8.15. The number of pyridine rings is 1. The summed E-state index contributed by atoms with van der Waals surface area (Å²) < 4.78 is 7.34. The highest BCUT2D eigenvalue weighted by molar-refractivity contribution is 5.76. The van der Waals surface area contributed by atoms with Crippen LogP contribution in [0.1, 0.15) is 31.0 Å². The first kappa shape index (κ1) is 16.9. The Morgan fingerprint density at radius 1 is 1.28 bits per heavy atom. The maximum Gasteiger partial charge on any atom is 0.224 e. The van der Waals surface area contributed by atoms with Crippen molar-refractivity contribution >= 4 is 5.91 Å². The predicted octanol–water partition coefficient (Wildman–Crippen LogP) is 2.85. The predicted molar refractivity (Wildman–Crippen MR) is 92.5 cm³/mol. The van der Waals surface area contributed by atoms with Gasteiger partial charge in [-0.15, -0.1) is 0 Å². The normalized spacial score (nSPS) is 12.1. The monoisotopic (exact) mass is 339 g/mol. The number of imidazole rings is 1. The Kier molecular flexibility index (Phi) is 4.92. The van der Waals surface area contributed by atoms with Gasteiger partial charge in [-0.2, -0.15) is 0 Å². The van der Waals surface area contributed by atoms with E-state index in [1.54, 1.807) is 24.3 Å². The maximum atomic E-state index is 12.5. The van der Waals surface area contributed by atoms with Crippen LogP contribution in [0.25, 0.3) is 11.4 Å². The van der Waals surface area contributed by atoms with Crippen LogP contribution in [0.3, 0.4) is 0 Å². The summed E-state index contributed by atoms with van der Waals surface area (Å²) in [5, 5.41) is 4.02. The minimum absolute atomic E-state index is 0.0383. The van der Waals surface area contributed by atoms with Gasteiger partial charge in [0.05, 0.1) is 12.2 Å². The van der Waals surface area contributed by atoms with Gasteiger partial charge in [0.25, 0.3) is 0 Å². The fraction of sp³-hybridized carbons (Fsp3) is 0.333. The van der Waals surface area contributed by atoms with Crippen LogP contribution in [0, 0.1) is 6.92 Å². The number of hydrogen-bond donors (Lipinski definition) is 0. The Balaban J connectivity index is 1.60. The minimum Gasteiger partial charge on any atom is -0.359 e. The maximum absolute atomic E-state index is 12.5. The Labute approximate surface area is 146 Å². The molecule has 3 heterocycles. The first-order chi connectivity index (χ1) is 12.0. The SMILES string of the molecule is Cc1nccn1[C@H](C)CC(=O)N(C)Cc1cc(-c2ccccn2)no1. The molecule has 0 saturated carbocycles. The van der Waals surface area contributed by atoms with E-state index in [-0.39, 0.29) is 11.9 Å². The smallest absolute Gasteiger partial charge is 0.224 e. The molecule has 7 nitrogen and oxygen atoms in total. The molecule has 1 amide bonds. The summed E-state index contributed by atoms with van der Waals surface area (Å²) in [5.74, 6) is 1.57. The zero-order chi connectivity index (χ0) is 17.8. The molecular formula is C18H21N5O2. The third-order valence-corrected chi connectivity index (χ3v) is 4.11. The zero-order valence-corrected chi connectivity index (χ0v) is 14.6. The van der Waals surface area contributed by atoms with Crippen LogP contribution in [-0.4, -0.2) is 37.5 Å². The molecule has 0 saturated heterocycles. The van der Waals surface area contributed by atoms with Crippen molar-refractivity contribution in [1.82, 2.24) is 24.6 Å². The van der Waals surface area contributed by atoms with Gasteiger partial charge in [0.2, 0.25) is 5.91 Å². The van der Waals surface area contributed by atoms with E-state index < -0.39 is 0 Å². The topological polar surface area (TPSA) is 77.1 Å². The van der Waals surface area contributed by atoms with E-state index in [0.717, 1.165) is 11.5 Å². The average Bonchev–Trinajstić information content (AvgIpc) is 3.24. The lowest BCUT2D eigenvalue weighted by Gasteiger charge is -2.20. The molecule has 0 radical (unpaired) electrons. The fourth-order valence-electron chi connectivity index (χ4n) is 2.70. The van der Waals surface area contributed by atoms with Gasteiger partial charge in [-0.25, -0.2) is 4.98 Å². The molecule has 0 aliphatic carbocycles. The molecule has 25 heavy (non-hydrogen) atoms. The van der Waals surface area contributed by atoms with Crippen molar-refractivity contribution in [1.29, 1.82) is 0 Å². The lowest BCUT2D eigenvalue weighted by Crippen LogP contribution is -2.28. The second-order valence-electron chi connectivity index (χ2n) is 6.08. The first-order valence-electron chi connectivity index (χ1n) is 8.15. The van der Waals surface area contributed by atoms with Crippen LogP contribution in [0.15, 0.2) is 47.4 Å². The summed E-state index contributed by atoms with van der Waals surface area (Å²) in [6.45, 7) is 4.31. The summed E-state index contributed by atoms with van der Waals surface area (Å²) in [7, 11) is 1.76. The van der Waals surface area contributed by atoms with Gasteiger partial charge < -0.3 is 14.0 Å². The molecule has 0 aliphatic heterocycles. The number of aryl methyl sites for hydroxylation is 1. The van der Waals surface area contributed by atoms with E-state index in [0.29, 0.717) is 24.4 Å². The van der Waals surface area contributed by atoms with Gasteiger partial charge in [0, 0.05) is 44.2 Å². The number of hydrogen-bond acceptors (Lipinski definition) is 5. The zero-order valence-electron chi connectivity index (χ0n) is 14.6. The van der Waals surface area contributed by atoms with E-state index in [4.69, 9.17) is 4.52 Å². The Hall–Kier alpha value is -2.96. The summed E-state index contributed by atoms with van der Waals surface area (Å²) in [5.41, 5.74) is 1.41. The third-order valence-electron chi connectivity index (χ3n) is 4.11. The standard InChI is InChI=1S/C18H21N5O2/c1-13(23-9-8-19-14(23)2)10-18(24)22(3)12-15-11-17(21-25-15)16-6-4-5-7-20-16/h4-9,11,13H,10,12H2,1-3H3/t13-/m1/s1. The fourth-order valence-corrected chi connectivity index (χ4v) is 2.70. The Morgan fingerprint density at radius 2 is 2.12 bits per heavy atom. The molecule has 3 aromatic heterocycles. The van der Waals surface area contributed by atoms with Crippen molar-refractivity contribution in [2.24, 2.45) is 0 Å². The molecule has 1 atom stereocenters. The van der Waals surface area contributed by atoms with Gasteiger partial charge in [-0.1, -0.05) is 11.2 Å². The van der Waals surface area contributed by atoms with Crippen molar-refractivity contribution in [3.05, 3.63) is 54.4 Å². The average molecular weight is 339 g/mol. The molecule has 0 spiro atoms. The summed E-state index contributed by atoms with van der Waals surface area (Å²) in [6, 6.07) is 7.48. The molecule has 0 unspecified atom stereocenters. The van der Waals surface area contributed by atoms with Gasteiger partial charge >= 0.3 is 0 Å². The van der Waals surface area contributed by atoms with Crippen molar-refractivity contribution in [3.63, 3.8) is 0 Å². The molecule has 0 bridgehead atoms. The van der Waals surface area contributed by atoms with Crippen LogP contribution >= 0.6 is 0 Å². The number of nitrogens with zero attached hydrogens (tertiary/aromatic N) is 5. The highest BCUT2D eigenvalue weighted by Crippen LogP contribution is 2.18. The third kappa shape index (κ3) is 3.93. The summed E-state index contributed by atoms with van der Waals surface area (Å²) >= 11 is 0. The van der Waals surface area contributed by atoms with Gasteiger partial charge in [0.1, 0.15) is 11.5 Å². The number of amides is 1. The number of carbonyl (C=O) groups is 1. The highest BCUT2D eigenvalue weighted by atomic mass is 16.5. The molecule has 0 fully saturated rings. The lowest BCUT2D eigenvalue weighted by atomic mass is 10.2. The quantitative estimate of drug-likeness (QED) is 0.690. The van der Waals surface area contributed by atoms with E-state index in [9.17, 15) is 4.79 Å². The largest absolute Gasteiger partial charge is 0.359 e. The van der Waals surface area contributed by atoms with Gasteiger partial charge in [-0.05, 0) is 26.0 Å². The highest BCUT2D eigenvalue weighted by Gasteiger charge is 2.17. The van der Waals surface area contributed by atoms with E-state index in [1.807, 2.05) is 48.9 Å². The van der Waals surface area contributed by atoms with Crippen molar-refractivity contribution in [2.45, 2.75) is 32.9 Å². The molecule has 7 heteroatoms. The van der Waals surface area contributed by atoms with Crippen molar-refractivity contribution < 1.29 is 9.32 Å². The molecule has 130 valence electrons. The Morgan fingerprint density at radius 3 is 2.80 bits per heavy atom. The second kappa shape index (κ2) is 7.29. The molecule has 3 rings (SSSR count). The summed E-state index contributed by atoms with van der Waals surface area (Å²) in [4.78, 5) is 22.5. The van der Waals surface area contributed by atoms with Gasteiger partial charge in [-0.3, -0.25) is 9.78 Å². The van der Waals surface area contributed by atoms with Crippen LogP contribution < -0.4 is 0 Å². The van der Waals surface area contributed by atoms with Crippen molar-refractivity contribution in [2.75, 3.05) is 7.05 Å². The van der Waals surface area contributed by atoms with E-state index in [1.165, 1.54) is 0 Å². The minimum atomic E-state index is 0.0383. The van der Waals surface area contributed by atoms with Crippen LogP contribution in [0.2, 0.25) is 0 Å². The summed E-state index contributed by atoms with van der Waals surface area (Å²) in [6.07, 6.45) is 5.74. The molecular weight excluding hydrogens is 318 g/mol. The van der Waals surface area contributed by atoms with E-state index >= 15 is 0 Å². The molecule has 0 aliphatic rings. The molecule has 0 aromatic carbocycles. The van der Waals surface area contributed by atoms with Crippen LogP contribution in [0.5, 0.6) is 0 Å². The lowest BCUT2D eigenvalue weighted by molar-refractivity contribution is -0.131. The van der Waals surface area contributed by atoms with Crippen LogP contribution in [-0.2, 0) is 11.3 Å². The Bertz CT molecular complexity index is 840. The number of rotatable bonds is 6. The second-order valence-corrected chi connectivity index (χ2v) is 6.08. The van der Waals surface area contributed by atoms with Gasteiger partial charge in [0.15, 0.2) is 5.76 Å². The molecule has 3 aromatic rings. The molecule has 0 N–H and O–H groups in total. The van der Waals surface area contributed by atoms with Crippen molar-refractivity contribution in [3.8, 4) is 11.4 Å². The number of aromatic nitrogens is 4.